The maximum atomic E-state index is 12.0. The molecule has 1 amide bonds. The van der Waals surface area contributed by atoms with Gasteiger partial charge in [0.2, 0.25) is 5.91 Å². The molecule has 1 aliphatic heterocycles. The number of nitrogens with one attached hydrogen (secondary N) is 2. The van der Waals surface area contributed by atoms with E-state index in [0.29, 0.717) is 0 Å². The zero-order valence-electron chi connectivity index (χ0n) is 9.81. The van der Waals surface area contributed by atoms with Crippen molar-refractivity contribution in [3.05, 3.63) is 0 Å². The van der Waals surface area contributed by atoms with Crippen molar-refractivity contribution in [1.82, 2.24) is 10.6 Å². The lowest BCUT2D eigenvalue weighted by molar-refractivity contribution is -0.129. The van der Waals surface area contributed by atoms with E-state index in [0.717, 1.165) is 31.7 Å². The molecule has 1 heterocycles. The van der Waals surface area contributed by atoms with Crippen LogP contribution in [0.3, 0.4) is 0 Å². The Morgan fingerprint density at radius 1 is 1.47 bits per heavy atom. The Kier molecular flexibility index (Phi) is 3.01. The summed E-state index contributed by atoms with van der Waals surface area (Å²) in [5.41, 5.74) is -0.113. The van der Waals surface area contributed by atoms with Crippen molar-refractivity contribution in [2.24, 2.45) is 11.8 Å². The van der Waals surface area contributed by atoms with E-state index < -0.39 is 0 Å². The summed E-state index contributed by atoms with van der Waals surface area (Å²) >= 11 is 0. The second-order valence-electron chi connectivity index (χ2n) is 5.47. The molecule has 1 saturated heterocycles. The summed E-state index contributed by atoms with van der Waals surface area (Å²) in [5, 5.41) is 6.40. The minimum Gasteiger partial charge on any atom is -0.338 e. The third-order valence-electron chi connectivity index (χ3n) is 3.85. The van der Waals surface area contributed by atoms with E-state index in [9.17, 15) is 4.79 Å². The molecule has 0 spiro atoms. The van der Waals surface area contributed by atoms with Crippen LogP contribution in [0.2, 0.25) is 0 Å². The van der Waals surface area contributed by atoms with Crippen molar-refractivity contribution in [1.29, 1.82) is 0 Å². The van der Waals surface area contributed by atoms with Gasteiger partial charge in [-0.15, -0.1) is 0 Å². The first-order valence-electron chi connectivity index (χ1n) is 6.16. The minimum atomic E-state index is -0.113. The number of rotatable bonds is 2. The van der Waals surface area contributed by atoms with Gasteiger partial charge in [0.05, 0.1) is 5.66 Å². The zero-order valence-corrected chi connectivity index (χ0v) is 9.81. The Bertz CT molecular complexity index is 248. The summed E-state index contributed by atoms with van der Waals surface area (Å²) in [7, 11) is 0. The molecule has 2 N–H and O–H groups in total. The van der Waals surface area contributed by atoms with E-state index in [1.54, 1.807) is 0 Å². The second-order valence-corrected chi connectivity index (χ2v) is 5.47. The molecule has 2 rings (SSSR count). The number of carbonyl (C=O) groups is 1. The van der Waals surface area contributed by atoms with Gasteiger partial charge >= 0.3 is 0 Å². The Hall–Kier alpha value is -0.570. The van der Waals surface area contributed by atoms with Crippen LogP contribution in [0.4, 0.5) is 0 Å². The van der Waals surface area contributed by atoms with Gasteiger partial charge in [0.25, 0.3) is 0 Å². The summed E-state index contributed by atoms with van der Waals surface area (Å²) in [5.74, 6) is 1.24. The molecule has 3 unspecified atom stereocenters. The Morgan fingerprint density at radius 3 is 2.73 bits per heavy atom. The van der Waals surface area contributed by atoms with E-state index >= 15 is 0 Å². The molecule has 1 aliphatic carbocycles. The molecule has 3 heteroatoms. The van der Waals surface area contributed by atoms with Crippen LogP contribution in [0.5, 0.6) is 0 Å². The topological polar surface area (TPSA) is 41.1 Å². The van der Waals surface area contributed by atoms with Crippen molar-refractivity contribution in [3.8, 4) is 0 Å². The minimum absolute atomic E-state index is 0.113. The Labute approximate surface area is 92.0 Å². The SMILES string of the molecule is CC1CCCC(C(=O)NC2(C)CCN2)C1. The second kappa shape index (κ2) is 4.12. The predicted molar refractivity (Wildman–Crippen MR) is 60.3 cm³/mol. The van der Waals surface area contributed by atoms with Crippen molar-refractivity contribution < 1.29 is 4.79 Å². The first-order valence-corrected chi connectivity index (χ1v) is 6.16. The van der Waals surface area contributed by atoms with Crippen LogP contribution >= 0.6 is 0 Å². The van der Waals surface area contributed by atoms with Gasteiger partial charge in [-0.05, 0) is 32.1 Å². The van der Waals surface area contributed by atoms with Gasteiger partial charge in [0.1, 0.15) is 0 Å². The highest BCUT2D eigenvalue weighted by Gasteiger charge is 2.35. The molecule has 1 saturated carbocycles. The molecule has 0 aromatic heterocycles. The van der Waals surface area contributed by atoms with Crippen LogP contribution in [-0.4, -0.2) is 18.1 Å². The average Bonchev–Trinajstić information content (AvgIpc) is 2.15. The third-order valence-corrected chi connectivity index (χ3v) is 3.85. The first-order chi connectivity index (χ1) is 7.09. The van der Waals surface area contributed by atoms with Crippen LogP contribution in [0.25, 0.3) is 0 Å². The van der Waals surface area contributed by atoms with E-state index in [2.05, 4.69) is 24.5 Å². The molecule has 0 bridgehead atoms. The van der Waals surface area contributed by atoms with Crippen molar-refractivity contribution in [3.63, 3.8) is 0 Å². The van der Waals surface area contributed by atoms with Crippen molar-refractivity contribution >= 4 is 5.91 Å². The molecule has 3 nitrogen and oxygen atoms in total. The summed E-state index contributed by atoms with van der Waals surface area (Å²) < 4.78 is 0. The molecule has 3 atom stereocenters. The van der Waals surface area contributed by atoms with E-state index in [4.69, 9.17) is 0 Å². The highest BCUT2D eigenvalue weighted by molar-refractivity contribution is 5.79. The number of hydrogen-bond donors (Lipinski definition) is 2. The lowest BCUT2D eigenvalue weighted by Gasteiger charge is -2.42. The molecule has 0 aromatic carbocycles. The molecule has 86 valence electrons. The smallest absolute Gasteiger partial charge is 0.224 e. The van der Waals surface area contributed by atoms with Gasteiger partial charge < -0.3 is 5.32 Å². The highest BCUT2D eigenvalue weighted by Crippen LogP contribution is 2.29. The van der Waals surface area contributed by atoms with Crippen LogP contribution < -0.4 is 10.6 Å². The van der Waals surface area contributed by atoms with Gasteiger partial charge in [-0.25, -0.2) is 0 Å². The maximum Gasteiger partial charge on any atom is 0.224 e. The fourth-order valence-electron chi connectivity index (χ4n) is 2.65. The molecular formula is C12H22N2O. The van der Waals surface area contributed by atoms with E-state index in [1.165, 1.54) is 12.8 Å². The third kappa shape index (κ3) is 2.51. The summed E-state index contributed by atoms with van der Waals surface area (Å²) in [4.78, 5) is 12.0. The largest absolute Gasteiger partial charge is 0.338 e. The monoisotopic (exact) mass is 210 g/mol. The highest BCUT2D eigenvalue weighted by atomic mass is 16.2. The van der Waals surface area contributed by atoms with E-state index in [1.807, 2.05) is 0 Å². The Balaban J connectivity index is 1.84. The zero-order chi connectivity index (χ0) is 10.9. The molecule has 15 heavy (non-hydrogen) atoms. The average molecular weight is 210 g/mol. The molecular weight excluding hydrogens is 188 g/mol. The van der Waals surface area contributed by atoms with Gasteiger partial charge in [-0.2, -0.15) is 0 Å². The quantitative estimate of drug-likeness (QED) is 0.727. The molecule has 2 fully saturated rings. The molecule has 0 aromatic rings. The molecule has 2 aliphatic rings. The van der Waals surface area contributed by atoms with Crippen molar-refractivity contribution in [2.75, 3.05) is 6.54 Å². The van der Waals surface area contributed by atoms with Gasteiger partial charge in [-0.1, -0.05) is 19.8 Å². The van der Waals surface area contributed by atoms with Gasteiger partial charge in [0, 0.05) is 12.5 Å². The normalized spacial score (nSPS) is 40.7. The van der Waals surface area contributed by atoms with Crippen molar-refractivity contribution in [2.45, 2.75) is 51.6 Å². The fourth-order valence-corrected chi connectivity index (χ4v) is 2.65. The number of hydrogen-bond acceptors (Lipinski definition) is 2. The van der Waals surface area contributed by atoms with Gasteiger partial charge in [-0.3, -0.25) is 10.1 Å². The fraction of sp³-hybridized carbons (Fsp3) is 0.917. The molecule has 0 radical (unpaired) electrons. The number of carbonyl (C=O) groups excluding carboxylic acids is 1. The van der Waals surface area contributed by atoms with Gasteiger partial charge in [0.15, 0.2) is 0 Å². The standard InChI is InChI=1S/C12H22N2O/c1-9-4-3-5-10(8-9)11(15)14-12(2)6-7-13-12/h9-10,13H,3-8H2,1-2H3,(H,14,15). The van der Waals surface area contributed by atoms with Crippen LogP contribution in [0.15, 0.2) is 0 Å². The maximum absolute atomic E-state index is 12.0. The van der Waals surface area contributed by atoms with Crippen LogP contribution in [0, 0.1) is 11.8 Å². The summed E-state index contributed by atoms with van der Waals surface area (Å²) in [6.45, 7) is 5.35. The lowest BCUT2D eigenvalue weighted by Crippen LogP contribution is -2.66. The number of amides is 1. The first kappa shape index (κ1) is 10.9. The Morgan fingerprint density at radius 2 is 2.20 bits per heavy atom. The van der Waals surface area contributed by atoms with Crippen LogP contribution in [-0.2, 0) is 4.79 Å². The predicted octanol–water partition coefficient (Wildman–Crippen LogP) is 1.64. The summed E-state index contributed by atoms with van der Waals surface area (Å²) in [6.07, 6.45) is 5.71. The summed E-state index contributed by atoms with van der Waals surface area (Å²) in [6, 6.07) is 0. The van der Waals surface area contributed by atoms with Crippen LogP contribution in [0.1, 0.15) is 46.0 Å². The van der Waals surface area contributed by atoms with E-state index in [-0.39, 0.29) is 17.5 Å². The lowest BCUT2D eigenvalue weighted by atomic mass is 9.81.